The first-order valence-corrected chi connectivity index (χ1v) is 18.5. The third-order valence-electron chi connectivity index (χ3n) is 9.94. The Morgan fingerprint density at radius 1 is 0.368 bits per heavy atom. The van der Waals surface area contributed by atoms with Gasteiger partial charge in [0, 0.05) is 58.7 Å². The minimum Gasteiger partial charge on any atom is -0.309 e. The van der Waals surface area contributed by atoms with Crippen LogP contribution in [0.5, 0.6) is 0 Å². The molecular weight excluding hydrogens is 709 g/mol. The van der Waals surface area contributed by atoms with Crippen molar-refractivity contribution >= 4 is 75.1 Å². The average molecular weight is 766 g/mol. The number of rotatable bonds is 5. The molecule has 0 amide bonds. The highest BCUT2D eigenvalue weighted by Gasteiger charge is 2.19. The van der Waals surface area contributed by atoms with E-state index in [1.807, 2.05) is 0 Å². The highest BCUT2D eigenvalue weighted by molar-refractivity contribution is 7.26. The Hall–Kier alpha value is -7.20. The van der Waals surface area contributed by atoms with Gasteiger partial charge < -0.3 is 9.13 Å². The second-order valence-electron chi connectivity index (χ2n) is 13.1. The molecule has 12 rings (SSSR count). The number of hydrogen-bond donors (Lipinski definition) is 0. The van der Waals surface area contributed by atoms with Crippen LogP contribution in [0.3, 0.4) is 0 Å². The van der Waals surface area contributed by atoms with Crippen LogP contribution in [-0.4, -0.2) is 9.13 Å². The molecule has 0 radical (unpaired) electrons. The van der Waals surface area contributed by atoms with E-state index in [0.717, 1.165) is 22.0 Å². The summed E-state index contributed by atoms with van der Waals surface area (Å²) in [6.07, 6.45) is 0. The van der Waals surface area contributed by atoms with Gasteiger partial charge in [-0.2, -0.15) is 0 Å². The van der Waals surface area contributed by atoms with Gasteiger partial charge in [0.05, 0.1) is 53.6 Å². The van der Waals surface area contributed by atoms with Crippen molar-refractivity contribution in [2.45, 2.75) is 0 Å². The molecule has 0 atom stereocenters. The van der Waals surface area contributed by atoms with E-state index in [-0.39, 0.29) is 109 Å². The highest BCUT2D eigenvalue weighted by atomic mass is 32.1. The maximum absolute atomic E-state index is 10.1. The minimum atomic E-state index is -0.739. The summed E-state index contributed by atoms with van der Waals surface area (Å²) in [6.45, 7) is 0. The van der Waals surface area contributed by atoms with Gasteiger partial charge in [-0.15, -0.1) is 11.3 Å². The number of para-hydroxylation sites is 4. The summed E-state index contributed by atoms with van der Waals surface area (Å²) >= 11 is 0.746. The SMILES string of the molecule is [2H]c1ccc([2H])c(-c2c([2H])c([2H])cc(-c3c([2H])c([2H])c([2H])c4sc5c([2H])c(-n6c7ccc(-c8c([2H])c([2H])c([2H])c9c%10c([2H])c([2H])c([2H])c([2H])c%10n(-c%10ccccc%10)c89)c([2H])c7c7c([2H])c([2H])c([2H])c([2H])c76)c([2H])c([2H])c5c34)c2[2H])c1. The standard InChI is InChI=1S/C54H34N2S/c1-3-14-35(15-4-1)36-16-11-17-37(32-36)41-22-13-27-51-53(41)46-30-29-40(34-52(46)57-51)55-48-25-9-8-21-44(48)47-33-38(28-31-50(47)55)42-23-12-24-45-43-20-7-10-26-49(43)56(54(42)45)39-18-5-2-6-19-39/h1-34H/i3D,7D,8D,9D,10D,11D,12D,13D,15D,16D,20D,21D,22D,23D,24D,25D,26D,27D,29D,30D,32D,33D,34D. The smallest absolute Gasteiger partial charge is 0.0660 e. The molecule has 2 nitrogen and oxygen atoms in total. The third kappa shape index (κ3) is 4.96. The molecule has 0 spiro atoms. The summed E-state index contributed by atoms with van der Waals surface area (Å²) in [7, 11) is 0. The molecule has 266 valence electrons. The van der Waals surface area contributed by atoms with E-state index in [1.54, 1.807) is 30.3 Å². The second kappa shape index (κ2) is 12.7. The topological polar surface area (TPSA) is 9.86 Å². The van der Waals surface area contributed by atoms with Gasteiger partial charge in [0.1, 0.15) is 0 Å². The van der Waals surface area contributed by atoms with Gasteiger partial charge in [-0.3, -0.25) is 0 Å². The van der Waals surface area contributed by atoms with Crippen LogP contribution in [0.2, 0.25) is 0 Å². The Kier molecular flexibility index (Phi) is 3.75. The molecule has 0 saturated carbocycles. The summed E-state index contributed by atoms with van der Waals surface area (Å²) in [5.74, 6) is 0. The number of thiophene rings is 1. The van der Waals surface area contributed by atoms with Crippen LogP contribution in [0.4, 0.5) is 0 Å². The molecule has 0 bridgehead atoms. The fraction of sp³-hybridized carbons (Fsp3) is 0. The Labute approximate surface area is 366 Å². The van der Waals surface area contributed by atoms with Crippen molar-refractivity contribution in [1.82, 2.24) is 9.13 Å². The number of hydrogen-bond acceptors (Lipinski definition) is 1. The monoisotopic (exact) mass is 765 g/mol. The number of aromatic nitrogens is 2. The zero-order valence-corrected chi connectivity index (χ0v) is 30.0. The van der Waals surface area contributed by atoms with E-state index in [4.69, 9.17) is 17.8 Å². The first-order valence-electron chi connectivity index (χ1n) is 29.1. The van der Waals surface area contributed by atoms with Crippen LogP contribution in [0, 0.1) is 0 Å². The highest BCUT2D eigenvalue weighted by Crippen LogP contribution is 2.44. The Morgan fingerprint density at radius 2 is 1.12 bits per heavy atom. The first-order chi connectivity index (χ1) is 37.8. The molecule has 57 heavy (non-hydrogen) atoms. The first kappa shape index (κ1) is 16.9. The maximum Gasteiger partial charge on any atom is 0.0660 e. The quantitative estimate of drug-likeness (QED) is 0.165. The van der Waals surface area contributed by atoms with Gasteiger partial charge in [0.15, 0.2) is 0 Å². The largest absolute Gasteiger partial charge is 0.309 e. The lowest BCUT2D eigenvalue weighted by Gasteiger charge is -2.12. The number of benzene rings is 9. The zero-order chi connectivity index (χ0) is 57.5. The van der Waals surface area contributed by atoms with E-state index < -0.39 is 133 Å². The lowest BCUT2D eigenvalue weighted by atomic mass is 9.96. The van der Waals surface area contributed by atoms with Crippen LogP contribution < -0.4 is 0 Å². The van der Waals surface area contributed by atoms with Gasteiger partial charge in [-0.25, -0.2) is 0 Å². The zero-order valence-electron chi connectivity index (χ0n) is 52.2. The van der Waals surface area contributed by atoms with Crippen molar-refractivity contribution in [1.29, 1.82) is 0 Å². The Bertz CT molecular complexity index is 4870. The van der Waals surface area contributed by atoms with Crippen LogP contribution >= 0.6 is 11.3 Å². The van der Waals surface area contributed by atoms with Gasteiger partial charge in [-0.05, 0) is 88.3 Å². The molecule has 3 heteroatoms. The molecule has 0 saturated heterocycles. The second-order valence-corrected chi connectivity index (χ2v) is 14.1. The summed E-state index contributed by atoms with van der Waals surface area (Å²) in [5, 5.41) is -1.00. The van der Waals surface area contributed by atoms with Gasteiger partial charge in [0.25, 0.3) is 0 Å². The maximum atomic E-state index is 10.1. The van der Waals surface area contributed by atoms with Gasteiger partial charge in [-0.1, -0.05) is 145 Å². The molecule has 0 aliphatic carbocycles. The normalized spacial score (nSPS) is 17.5. The van der Waals surface area contributed by atoms with E-state index in [9.17, 15) is 13.7 Å². The van der Waals surface area contributed by atoms with Crippen molar-refractivity contribution in [3.05, 3.63) is 206 Å². The van der Waals surface area contributed by atoms with Crippen molar-refractivity contribution in [2.24, 2.45) is 0 Å². The Morgan fingerprint density at radius 3 is 2.02 bits per heavy atom. The van der Waals surface area contributed by atoms with Gasteiger partial charge in [0.2, 0.25) is 0 Å². The van der Waals surface area contributed by atoms with Crippen LogP contribution in [0.25, 0.3) is 109 Å². The molecule has 9 aromatic carbocycles. The summed E-state index contributed by atoms with van der Waals surface area (Å²) in [4.78, 5) is 0. The molecule has 0 N–H and O–H groups in total. The van der Waals surface area contributed by atoms with Crippen molar-refractivity contribution in [3.8, 4) is 44.8 Å². The molecule has 3 heterocycles. The van der Waals surface area contributed by atoms with Crippen molar-refractivity contribution in [2.75, 3.05) is 0 Å². The van der Waals surface area contributed by atoms with Crippen LogP contribution in [-0.2, 0) is 0 Å². The van der Waals surface area contributed by atoms with E-state index in [2.05, 4.69) is 0 Å². The van der Waals surface area contributed by atoms with E-state index in [1.165, 1.54) is 34.9 Å². The molecule has 0 unspecified atom stereocenters. The molecule has 0 fully saturated rings. The van der Waals surface area contributed by atoms with Crippen LogP contribution in [0.15, 0.2) is 206 Å². The Balaban J connectivity index is 1.21. The minimum absolute atomic E-state index is 0.0308. The number of fused-ring (bicyclic) bond motifs is 9. The molecule has 3 aromatic heterocycles. The lowest BCUT2D eigenvalue weighted by molar-refractivity contribution is 1.18. The van der Waals surface area contributed by atoms with Crippen molar-refractivity contribution in [3.63, 3.8) is 0 Å². The average Bonchev–Trinajstić information content (AvgIpc) is 4.33. The molecule has 12 aromatic rings. The summed E-state index contributed by atoms with van der Waals surface area (Å²) in [5.41, 5.74) is -1.64. The molecular formula is C54H34N2S. The van der Waals surface area contributed by atoms with E-state index >= 15 is 0 Å². The summed E-state index contributed by atoms with van der Waals surface area (Å²) < 4.78 is 213. The molecule has 0 aliphatic rings. The predicted molar refractivity (Wildman–Crippen MR) is 244 cm³/mol. The lowest BCUT2D eigenvalue weighted by Crippen LogP contribution is -1.95. The fourth-order valence-corrected chi connectivity index (χ4v) is 8.53. The van der Waals surface area contributed by atoms with Gasteiger partial charge >= 0.3 is 0 Å². The van der Waals surface area contributed by atoms with Crippen LogP contribution in [0.1, 0.15) is 31.5 Å². The summed E-state index contributed by atoms with van der Waals surface area (Å²) in [6, 6.07) is 3.51. The van der Waals surface area contributed by atoms with E-state index in [0.29, 0.717) is 5.69 Å². The number of nitrogens with zero attached hydrogens (tertiary/aromatic N) is 2. The molecule has 0 aliphatic heterocycles. The third-order valence-corrected chi connectivity index (χ3v) is 11.0. The van der Waals surface area contributed by atoms with Crippen molar-refractivity contribution < 1.29 is 31.5 Å². The fourth-order valence-electron chi connectivity index (χ4n) is 7.52. The predicted octanol–water partition coefficient (Wildman–Crippen LogP) is 15.2.